The largest absolute Gasteiger partial charge is 0.307 e. The second-order valence-corrected chi connectivity index (χ2v) is 5.74. The number of fused-ring (bicyclic) bond motifs is 1. The number of halogens is 2. The smallest absolute Gasteiger partial charge is 0.160 e. The zero-order valence-corrected chi connectivity index (χ0v) is 12.4. The van der Waals surface area contributed by atoms with Crippen molar-refractivity contribution < 1.29 is 0 Å². The minimum atomic E-state index is -0.177. The summed E-state index contributed by atoms with van der Waals surface area (Å²) in [6.07, 6.45) is 1.77. The number of imidazole rings is 1. The number of pyridine rings is 1. The number of hydrogen-bond donors (Lipinski definition) is 0. The zero-order valence-electron chi connectivity index (χ0n) is 10.9. The van der Waals surface area contributed by atoms with Crippen LogP contribution >= 0.6 is 23.2 Å². The molecule has 0 radical (unpaired) electrons. The Morgan fingerprint density at radius 1 is 1.25 bits per heavy atom. The third-order valence-corrected chi connectivity index (χ3v) is 3.55. The molecule has 0 spiro atoms. The first-order valence-electron chi connectivity index (χ1n) is 6.35. The third-order valence-electron chi connectivity index (χ3n) is 3.12. The molecule has 20 heavy (non-hydrogen) atoms. The van der Waals surface area contributed by atoms with E-state index in [-0.39, 0.29) is 5.38 Å². The van der Waals surface area contributed by atoms with Crippen LogP contribution in [0.1, 0.15) is 23.7 Å². The molecule has 0 N–H and O–H groups in total. The van der Waals surface area contributed by atoms with E-state index in [1.807, 2.05) is 47.9 Å². The van der Waals surface area contributed by atoms with E-state index in [9.17, 15) is 0 Å². The van der Waals surface area contributed by atoms with Gasteiger partial charge >= 0.3 is 0 Å². The lowest BCUT2D eigenvalue weighted by molar-refractivity contribution is 0.736. The monoisotopic (exact) mass is 305 g/mol. The summed E-state index contributed by atoms with van der Waals surface area (Å²) in [4.78, 5) is 8.98. The van der Waals surface area contributed by atoms with Gasteiger partial charge in [-0.25, -0.2) is 9.97 Å². The van der Waals surface area contributed by atoms with Gasteiger partial charge < -0.3 is 4.57 Å². The molecule has 5 heteroatoms. The molecule has 0 bridgehead atoms. The van der Waals surface area contributed by atoms with Crippen molar-refractivity contribution in [2.75, 3.05) is 0 Å². The summed E-state index contributed by atoms with van der Waals surface area (Å²) >= 11 is 12.3. The molecule has 0 aliphatic heterocycles. The highest BCUT2D eigenvalue weighted by molar-refractivity contribution is 6.30. The molecular weight excluding hydrogens is 293 g/mol. The summed E-state index contributed by atoms with van der Waals surface area (Å²) in [6, 6.07) is 11.6. The molecule has 2 heterocycles. The predicted octanol–water partition coefficient (Wildman–Crippen LogP) is 4.43. The van der Waals surface area contributed by atoms with Crippen LogP contribution in [-0.4, -0.2) is 14.5 Å². The van der Waals surface area contributed by atoms with Gasteiger partial charge in [-0.3, -0.25) is 0 Å². The number of nitrogens with zero attached hydrogens (tertiary/aromatic N) is 3. The molecule has 3 nitrogen and oxygen atoms in total. The van der Waals surface area contributed by atoms with Crippen molar-refractivity contribution in [1.29, 1.82) is 0 Å². The average molecular weight is 306 g/mol. The quantitative estimate of drug-likeness (QED) is 0.670. The van der Waals surface area contributed by atoms with E-state index in [0.29, 0.717) is 6.54 Å². The van der Waals surface area contributed by atoms with E-state index < -0.39 is 0 Å². The lowest BCUT2D eigenvalue weighted by Gasteiger charge is -2.10. The normalized spacial score (nSPS) is 12.8. The van der Waals surface area contributed by atoms with Crippen molar-refractivity contribution in [2.45, 2.75) is 18.8 Å². The first-order chi connectivity index (χ1) is 9.65. The second kappa shape index (κ2) is 5.43. The summed E-state index contributed by atoms with van der Waals surface area (Å²) in [5.74, 6) is 0.820. The molecule has 0 saturated carbocycles. The van der Waals surface area contributed by atoms with Crippen molar-refractivity contribution in [2.24, 2.45) is 0 Å². The minimum Gasteiger partial charge on any atom is -0.307 e. The number of alkyl halides is 1. The topological polar surface area (TPSA) is 30.7 Å². The maximum absolute atomic E-state index is 6.24. The van der Waals surface area contributed by atoms with Crippen LogP contribution in [-0.2, 0) is 6.54 Å². The van der Waals surface area contributed by atoms with Crippen molar-refractivity contribution in [3.05, 3.63) is 59.0 Å². The summed E-state index contributed by atoms with van der Waals surface area (Å²) < 4.78 is 2.04. The number of aromatic nitrogens is 3. The van der Waals surface area contributed by atoms with E-state index in [4.69, 9.17) is 23.2 Å². The SMILES string of the molecule is CC(Cl)c1nc2cccnc2n1Cc1cccc(Cl)c1. The van der Waals surface area contributed by atoms with E-state index in [1.165, 1.54) is 0 Å². The highest BCUT2D eigenvalue weighted by atomic mass is 35.5. The number of benzene rings is 1. The Balaban J connectivity index is 2.11. The second-order valence-electron chi connectivity index (χ2n) is 4.65. The lowest BCUT2D eigenvalue weighted by Crippen LogP contribution is -2.06. The van der Waals surface area contributed by atoms with E-state index in [1.54, 1.807) is 6.20 Å². The van der Waals surface area contributed by atoms with Gasteiger partial charge in [0.25, 0.3) is 0 Å². The third kappa shape index (κ3) is 2.51. The Bertz CT molecular complexity index is 750. The van der Waals surface area contributed by atoms with Gasteiger partial charge in [0.2, 0.25) is 0 Å². The van der Waals surface area contributed by atoms with E-state index in [2.05, 4.69) is 9.97 Å². The molecule has 1 aromatic carbocycles. The Labute approximate surface area is 127 Å². The van der Waals surface area contributed by atoms with E-state index in [0.717, 1.165) is 27.6 Å². The van der Waals surface area contributed by atoms with Gasteiger partial charge in [-0.2, -0.15) is 0 Å². The fraction of sp³-hybridized carbons (Fsp3) is 0.200. The number of hydrogen-bond acceptors (Lipinski definition) is 2. The molecule has 102 valence electrons. The van der Waals surface area contributed by atoms with Crippen LogP contribution in [0.15, 0.2) is 42.6 Å². The van der Waals surface area contributed by atoms with Crippen LogP contribution < -0.4 is 0 Å². The van der Waals surface area contributed by atoms with Crippen molar-refractivity contribution in [1.82, 2.24) is 14.5 Å². The Morgan fingerprint density at radius 3 is 2.85 bits per heavy atom. The fourth-order valence-electron chi connectivity index (χ4n) is 2.25. The molecule has 0 saturated heterocycles. The van der Waals surface area contributed by atoms with Gasteiger partial charge in [-0.1, -0.05) is 23.7 Å². The molecule has 1 unspecified atom stereocenters. The van der Waals surface area contributed by atoms with Crippen molar-refractivity contribution in [3.63, 3.8) is 0 Å². The van der Waals surface area contributed by atoms with Crippen molar-refractivity contribution in [3.8, 4) is 0 Å². The lowest BCUT2D eigenvalue weighted by atomic mass is 10.2. The minimum absolute atomic E-state index is 0.177. The molecule has 2 aromatic heterocycles. The van der Waals surface area contributed by atoms with Crippen LogP contribution in [0.5, 0.6) is 0 Å². The molecule has 3 rings (SSSR count). The highest BCUT2D eigenvalue weighted by Crippen LogP contribution is 2.24. The van der Waals surface area contributed by atoms with Gasteiger partial charge in [0, 0.05) is 11.2 Å². The first-order valence-corrected chi connectivity index (χ1v) is 7.16. The van der Waals surface area contributed by atoms with E-state index >= 15 is 0 Å². The van der Waals surface area contributed by atoms with Gasteiger partial charge in [-0.05, 0) is 36.8 Å². The Hall–Kier alpha value is -1.58. The summed E-state index contributed by atoms with van der Waals surface area (Å²) in [6.45, 7) is 2.57. The maximum atomic E-state index is 6.24. The van der Waals surface area contributed by atoms with Crippen LogP contribution in [0.4, 0.5) is 0 Å². The average Bonchev–Trinajstić information content (AvgIpc) is 2.78. The molecule has 3 aromatic rings. The predicted molar refractivity (Wildman–Crippen MR) is 82.4 cm³/mol. The van der Waals surface area contributed by atoms with Crippen LogP contribution in [0.2, 0.25) is 5.02 Å². The highest BCUT2D eigenvalue weighted by Gasteiger charge is 2.15. The van der Waals surface area contributed by atoms with Crippen molar-refractivity contribution >= 4 is 34.4 Å². The Kier molecular flexibility index (Phi) is 3.64. The first kappa shape index (κ1) is 13.4. The van der Waals surface area contributed by atoms with Crippen LogP contribution in [0.3, 0.4) is 0 Å². The summed E-state index contributed by atoms with van der Waals surface area (Å²) in [7, 11) is 0. The summed E-state index contributed by atoms with van der Waals surface area (Å²) in [5, 5.41) is 0.545. The summed E-state index contributed by atoms with van der Waals surface area (Å²) in [5.41, 5.74) is 2.80. The molecular formula is C15H13Cl2N3. The molecule has 0 amide bonds. The fourth-order valence-corrected chi connectivity index (χ4v) is 2.63. The van der Waals surface area contributed by atoms with Gasteiger partial charge in [-0.15, -0.1) is 11.6 Å². The van der Waals surface area contributed by atoms with Crippen LogP contribution in [0, 0.1) is 0 Å². The molecule has 0 aliphatic carbocycles. The molecule has 0 fully saturated rings. The number of rotatable bonds is 3. The zero-order chi connectivity index (χ0) is 14.1. The Morgan fingerprint density at radius 2 is 2.10 bits per heavy atom. The van der Waals surface area contributed by atoms with Gasteiger partial charge in [0.1, 0.15) is 11.3 Å². The van der Waals surface area contributed by atoms with Gasteiger partial charge in [0.15, 0.2) is 5.65 Å². The van der Waals surface area contributed by atoms with Gasteiger partial charge in [0.05, 0.1) is 11.9 Å². The van der Waals surface area contributed by atoms with Crippen LogP contribution in [0.25, 0.3) is 11.2 Å². The standard InChI is InChI=1S/C15H13Cl2N3/c1-10(16)14-19-13-6-3-7-18-15(13)20(14)9-11-4-2-5-12(17)8-11/h2-8,10H,9H2,1H3. The molecule has 1 atom stereocenters. The maximum Gasteiger partial charge on any atom is 0.160 e. The molecule has 0 aliphatic rings.